The van der Waals surface area contributed by atoms with Crippen LogP contribution in [0.5, 0.6) is 0 Å². The van der Waals surface area contributed by atoms with Gasteiger partial charge in [-0.05, 0) is 27.8 Å². The smallest absolute Gasteiger partial charge is 0.318 e. The lowest BCUT2D eigenvalue weighted by Gasteiger charge is -2.37. The molecule has 2 amide bonds. The summed E-state index contributed by atoms with van der Waals surface area (Å²) >= 11 is 0. The second kappa shape index (κ2) is 7.40. The molecule has 0 aromatic heterocycles. The number of carbonyl (C=O) groups excluding carboxylic acids is 3. The molecule has 21 heavy (non-hydrogen) atoms. The van der Waals surface area contributed by atoms with Crippen LogP contribution in [-0.2, 0) is 14.3 Å². The molecule has 0 aromatic rings. The maximum Gasteiger partial charge on any atom is 0.318 e. The van der Waals surface area contributed by atoms with Crippen LogP contribution in [0.4, 0.5) is 4.79 Å². The first-order valence-electron chi connectivity index (χ1n) is 7.17. The van der Waals surface area contributed by atoms with E-state index in [9.17, 15) is 14.4 Å². The number of urea groups is 1. The minimum absolute atomic E-state index is 0.169. The molecule has 0 saturated carbocycles. The number of hydrogen-bond acceptors (Lipinski definition) is 5. The Morgan fingerprint density at radius 2 is 2.05 bits per heavy atom. The van der Waals surface area contributed by atoms with Crippen molar-refractivity contribution in [2.45, 2.75) is 26.8 Å². The predicted molar refractivity (Wildman–Crippen MR) is 77.9 cm³/mol. The van der Waals surface area contributed by atoms with E-state index in [1.165, 1.54) is 4.90 Å². The highest BCUT2D eigenvalue weighted by Gasteiger charge is 2.33. The molecule has 1 atom stereocenters. The largest absolute Gasteiger partial charge is 0.466 e. The number of carbonyl (C=O) groups is 3. The molecule has 1 aliphatic rings. The zero-order chi connectivity index (χ0) is 16.0. The quantitative estimate of drug-likeness (QED) is 0.575. The van der Waals surface area contributed by atoms with Crippen LogP contribution in [0.1, 0.15) is 20.8 Å². The molecule has 0 unspecified atom stereocenters. The number of esters is 1. The first kappa shape index (κ1) is 17.4. The summed E-state index contributed by atoms with van der Waals surface area (Å²) < 4.78 is 4.97. The van der Waals surface area contributed by atoms with Crippen molar-refractivity contribution in [2.75, 3.05) is 39.8 Å². The molecule has 0 aromatic carbocycles. The average Bonchev–Trinajstić information content (AvgIpc) is 2.44. The van der Waals surface area contributed by atoms with Gasteiger partial charge in [0, 0.05) is 26.2 Å². The second-order valence-electron chi connectivity index (χ2n) is 5.92. The summed E-state index contributed by atoms with van der Waals surface area (Å²) in [4.78, 5) is 38.6. The van der Waals surface area contributed by atoms with Gasteiger partial charge in [-0.25, -0.2) is 4.79 Å². The Morgan fingerprint density at radius 3 is 2.62 bits per heavy atom. The number of likely N-dealkylation sites (N-methyl/N-ethyl adjacent to an activating group) is 1. The molecule has 1 N–H and O–H groups in total. The number of piperazine rings is 1. The molecule has 1 fully saturated rings. The van der Waals surface area contributed by atoms with Gasteiger partial charge in [0.15, 0.2) is 0 Å². The maximum absolute atomic E-state index is 12.2. The van der Waals surface area contributed by atoms with Crippen molar-refractivity contribution in [3.8, 4) is 0 Å². The molecular weight excluding hydrogens is 274 g/mol. The molecule has 7 nitrogen and oxygen atoms in total. The van der Waals surface area contributed by atoms with Gasteiger partial charge in [0.1, 0.15) is 12.3 Å². The summed E-state index contributed by atoms with van der Waals surface area (Å²) in [6.07, 6.45) is 0.783. The van der Waals surface area contributed by atoms with Gasteiger partial charge in [-0.2, -0.15) is 0 Å². The van der Waals surface area contributed by atoms with Gasteiger partial charge in [-0.15, -0.1) is 0 Å². The fraction of sp³-hybridized carbons (Fsp3) is 0.786. The Kier molecular flexibility index (Phi) is 6.14. The lowest BCUT2D eigenvalue weighted by atomic mass is 9.94. The van der Waals surface area contributed by atoms with Gasteiger partial charge in [0.05, 0.1) is 12.0 Å². The lowest BCUT2D eigenvalue weighted by molar-refractivity contribution is -0.153. The van der Waals surface area contributed by atoms with Crippen LogP contribution in [0.3, 0.4) is 0 Å². The first-order valence-corrected chi connectivity index (χ1v) is 7.17. The summed E-state index contributed by atoms with van der Waals surface area (Å²) in [5.74, 6) is -0.351. The number of amides is 2. The van der Waals surface area contributed by atoms with E-state index in [1.807, 2.05) is 11.9 Å². The molecule has 1 rings (SSSR count). The Labute approximate surface area is 125 Å². The van der Waals surface area contributed by atoms with Crippen LogP contribution in [0.15, 0.2) is 0 Å². The van der Waals surface area contributed by atoms with Gasteiger partial charge >= 0.3 is 12.0 Å². The van der Waals surface area contributed by atoms with E-state index < -0.39 is 11.5 Å². The summed E-state index contributed by atoms with van der Waals surface area (Å²) in [5.41, 5.74) is -0.797. The van der Waals surface area contributed by atoms with Crippen molar-refractivity contribution < 1.29 is 19.1 Å². The standard InChI is InChI=1S/C14H25N3O4/c1-5-21-12(19)14(2,3)10-15-13(20)17-7-6-16(4)8-11(17)9-18/h9,11H,5-8,10H2,1-4H3,(H,15,20)/t11-/m0/s1. The van der Waals surface area contributed by atoms with Crippen molar-refractivity contribution in [1.29, 1.82) is 0 Å². The van der Waals surface area contributed by atoms with Gasteiger partial charge < -0.3 is 24.6 Å². The van der Waals surface area contributed by atoms with Gasteiger partial charge in [0.25, 0.3) is 0 Å². The van der Waals surface area contributed by atoms with Crippen LogP contribution in [-0.4, -0.2) is 74.0 Å². The Balaban J connectivity index is 2.56. The molecule has 120 valence electrons. The van der Waals surface area contributed by atoms with Crippen molar-refractivity contribution in [3.05, 3.63) is 0 Å². The number of nitrogens with one attached hydrogen (secondary N) is 1. The normalized spacial score (nSPS) is 20.0. The average molecular weight is 299 g/mol. The minimum atomic E-state index is -0.797. The highest BCUT2D eigenvalue weighted by molar-refractivity contribution is 5.80. The fourth-order valence-electron chi connectivity index (χ4n) is 2.12. The number of hydrogen-bond donors (Lipinski definition) is 1. The number of aldehydes is 1. The van der Waals surface area contributed by atoms with Crippen LogP contribution in [0.25, 0.3) is 0 Å². The Morgan fingerprint density at radius 1 is 1.38 bits per heavy atom. The van der Waals surface area contributed by atoms with Crippen molar-refractivity contribution in [1.82, 2.24) is 15.1 Å². The summed E-state index contributed by atoms with van der Waals surface area (Å²) in [5, 5.41) is 2.72. The van der Waals surface area contributed by atoms with E-state index in [-0.39, 0.29) is 18.5 Å². The molecule has 7 heteroatoms. The summed E-state index contributed by atoms with van der Waals surface area (Å²) in [7, 11) is 1.91. The maximum atomic E-state index is 12.2. The van der Waals surface area contributed by atoms with E-state index in [0.717, 1.165) is 12.8 Å². The van der Waals surface area contributed by atoms with Crippen molar-refractivity contribution in [3.63, 3.8) is 0 Å². The van der Waals surface area contributed by atoms with Crippen LogP contribution in [0, 0.1) is 5.41 Å². The molecule has 1 saturated heterocycles. The zero-order valence-corrected chi connectivity index (χ0v) is 13.2. The first-order chi connectivity index (χ1) is 9.81. The highest BCUT2D eigenvalue weighted by Crippen LogP contribution is 2.16. The summed E-state index contributed by atoms with van der Waals surface area (Å²) in [6.45, 7) is 7.39. The molecule has 0 spiro atoms. The fourth-order valence-corrected chi connectivity index (χ4v) is 2.12. The third-order valence-corrected chi connectivity index (χ3v) is 3.55. The molecular formula is C14H25N3O4. The predicted octanol–water partition coefficient (Wildman–Crippen LogP) is 0.100. The number of nitrogens with zero attached hydrogens (tertiary/aromatic N) is 2. The SMILES string of the molecule is CCOC(=O)C(C)(C)CNC(=O)N1CCN(C)C[C@H]1C=O. The second-order valence-corrected chi connectivity index (χ2v) is 5.92. The van der Waals surface area contributed by atoms with Crippen LogP contribution in [0.2, 0.25) is 0 Å². The Bertz CT molecular complexity index is 398. The highest BCUT2D eigenvalue weighted by atomic mass is 16.5. The summed E-state index contributed by atoms with van der Waals surface area (Å²) in [6, 6.07) is -0.771. The topological polar surface area (TPSA) is 79.0 Å². The molecule has 0 aliphatic carbocycles. The van der Waals surface area contributed by atoms with E-state index in [0.29, 0.717) is 19.7 Å². The lowest BCUT2D eigenvalue weighted by Crippen LogP contribution is -2.58. The molecule has 1 aliphatic heterocycles. The monoisotopic (exact) mass is 299 g/mol. The van der Waals surface area contributed by atoms with Crippen molar-refractivity contribution in [2.24, 2.45) is 5.41 Å². The molecule has 0 bridgehead atoms. The van der Waals surface area contributed by atoms with Gasteiger partial charge in [-0.1, -0.05) is 0 Å². The van der Waals surface area contributed by atoms with E-state index in [4.69, 9.17) is 4.74 Å². The van der Waals surface area contributed by atoms with Crippen LogP contribution < -0.4 is 5.32 Å². The van der Waals surface area contributed by atoms with E-state index in [1.54, 1.807) is 20.8 Å². The third kappa shape index (κ3) is 4.70. The number of ether oxygens (including phenoxy) is 1. The number of rotatable bonds is 5. The van der Waals surface area contributed by atoms with Gasteiger partial charge in [-0.3, -0.25) is 4.79 Å². The van der Waals surface area contributed by atoms with Crippen LogP contribution >= 0.6 is 0 Å². The van der Waals surface area contributed by atoms with Crippen molar-refractivity contribution >= 4 is 18.3 Å². The third-order valence-electron chi connectivity index (χ3n) is 3.55. The zero-order valence-electron chi connectivity index (χ0n) is 13.2. The molecule has 1 heterocycles. The van der Waals surface area contributed by atoms with E-state index >= 15 is 0 Å². The van der Waals surface area contributed by atoms with Gasteiger partial charge in [0.2, 0.25) is 0 Å². The minimum Gasteiger partial charge on any atom is -0.466 e. The Hall–Kier alpha value is -1.63. The van der Waals surface area contributed by atoms with E-state index in [2.05, 4.69) is 5.32 Å². The molecule has 0 radical (unpaired) electrons.